The molecule has 0 saturated heterocycles. The highest BCUT2D eigenvalue weighted by Gasteiger charge is 2.20. The van der Waals surface area contributed by atoms with Crippen LogP contribution in [-0.2, 0) is 0 Å². The molecule has 1 aliphatic rings. The van der Waals surface area contributed by atoms with Crippen LogP contribution in [0.2, 0.25) is 0 Å². The van der Waals surface area contributed by atoms with E-state index >= 15 is 0 Å². The molecule has 18 heavy (non-hydrogen) atoms. The molecule has 0 aliphatic carbocycles. The first kappa shape index (κ1) is 12.4. The normalized spacial score (nSPS) is 15.8. The van der Waals surface area contributed by atoms with E-state index in [0.717, 1.165) is 17.8 Å². The molecule has 1 nitrogen and oxygen atoms in total. The van der Waals surface area contributed by atoms with Gasteiger partial charge >= 0.3 is 0 Å². The summed E-state index contributed by atoms with van der Waals surface area (Å²) in [5.74, 6) is 0. The van der Waals surface area contributed by atoms with Crippen LogP contribution in [0.4, 0.5) is 0 Å². The number of nitrogens with zero attached hydrogens (tertiary/aromatic N) is 1. The zero-order valence-electron chi connectivity index (χ0n) is 11.1. The maximum Gasteiger partial charge on any atom is 0.0514 e. The summed E-state index contributed by atoms with van der Waals surface area (Å²) in [5.41, 5.74) is 5.86. The van der Waals surface area contributed by atoms with E-state index in [1.807, 2.05) is 12.1 Å². The van der Waals surface area contributed by atoms with Gasteiger partial charge < -0.3 is 4.90 Å². The Labute approximate surface area is 109 Å². The molecule has 0 atom stereocenters. The molecule has 0 radical (unpaired) electrons. The molecule has 0 fully saturated rings. The number of hydrogen-bond donors (Lipinski definition) is 0. The van der Waals surface area contributed by atoms with Crippen LogP contribution in [0.15, 0.2) is 72.5 Å². The average molecular weight is 237 g/mol. The van der Waals surface area contributed by atoms with Crippen LogP contribution in [0, 0.1) is 0 Å². The van der Waals surface area contributed by atoms with E-state index in [1.54, 1.807) is 0 Å². The molecular weight excluding hydrogens is 218 g/mol. The highest BCUT2D eigenvalue weighted by molar-refractivity contribution is 5.74. The Morgan fingerprint density at radius 3 is 2.44 bits per heavy atom. The number of allylic oxidation sites excluding steroid dienone is 3. The molecule has 1 heterocycles. The smallest absolute Gasteiger partial charge is 0.0514 e. The zero-order chi connectivity index (χ0) is 13.1. The van der Waals surface area contributed by atoms with Crippen molar-refractivity contribution in [2.45, 2.75) is 13.8 Å². The Hall–Kier alpha value is -2.02. The molecule has 0 N–H and O–H groups in total. The number of likely N-dealkylation sites (N-methyl/N-ethyl adjacent to an activating group) is 1. The van der Waals surface area contributed by atoms with Gasteiger partial charge in [0.25, 0.3) is 0 Å². The molecule has 1 aromatic carbocycles. The molecule has 1 aliphatic heterocycles. The molecule has 1 aromatic rings. The van der Waals surface area contributed by atoms with Gasteiger partial charge in [0, 0.05) is 12.2 Å². The van der Waals surface area contributed by atoms with Gasteiger partial charge in [-0.3, -0.25) is 0 Å². The number of rotatable bonds is 3. The van der Waals surface area contributed by atoms with E-state index in [0.29, 0.717) is 0 Å². The molecule has 0 aromatic heterocycles. The lowest BCUT2D eigenvalue weighted by Crippen LogP contribution is -2.25. The van der Waals surface area contributed by atoms with Crippen LogP contribution < -0.4 is 0 Å². The van der Waals surface area contributed by atoms with Crippen LogP contribution in [0.3, 0.4) is 0 Å². The van der Waals surface area contributed by atoms with Crippen LogP contribution in [0.5, 0.6) is 0 Å². The van der Waals surface area contributed by atoms with Crippen molar-refractivity contribution in [3.8, 4) is 0 Å². The highest BCUT2D eigenvalue weighted by Crippen LogP contribution is 2.34. The Kier molecular flexibility index (Phi) is 3.52. The van der Waals surface area contributed by atoms with Gasteiger partial charge in [-0.15, -0.1) is 0 Å². The molecule has 2 rings (SSSR count). The quantitative estimate of drug-likeness (QED) is 0.754. The van der Waals surface area contributed by atoms with Crippen molar-refractivity contribution in [1.82, 2.24) is 4.90 Å². The predicted molar refractivity (Wildman–Crippen MR) is 78.8 cm³/mol. The van der Waals surface area contributed by atoms with Gasteiger partial charge in [-0.1, -0.05) is 49.6 Å². The van der Waals surface area contributed by atoms with Crippen LogP contribution in [0.1, 0.15) is 19.4 Å². The summed E-state index contributed by atoms with van der Waals surface area (Å²) in [6.45, 7) is 13.2. The van der Waals surface area contributed by atoms with Crippen molar-refractivity contribution in [1.29, 1.82) is 0 Å². The van der Waals surface area contributed by atoms with Gasteiger partial charge in [-0.05, 0) is 36.6 Å². The number of hydrogen-bond acceptors (Lipinski definition) is 1. The lowest BCUT2D eigenvalue weighted by atomic mass is 9.97. The summed E-state index contributed by atoms with van der Waals surface area (Å²) in [4.78, 5) is 2.25. The van der Waals surface area contributed by atoms with E-state index in [2.05, 4.69) is 62.2 Å². The summed E-state index contributed by atoms with van der Waals surface area (Å²) < 4.78 is 0. The topological polar surface area (TPSA) is 3.24 Å². The molecule has 0 bridgehead atoms. The van der Waals surface area contributed by atoms with Crippen LogP contribution in [0.25, 0.3) is 5.70 Å². The van der Waals surface area contributed by atoms with Crippen LogP contribution >= 0.6 is 0 Å². The Morgan fingerprint density at radius 1 is 1.22 bits per heavy atom. The van der Waals surface area contributed by atoms with Gasteiger partial charge in [0.2, 0.25) is 0 Å². The Morgan fingerprint density at radius 2 is 1.89 bits per heavy atom. The first-order valence-electron chi connectivity index (χ1n) is 6.26. The van der Waals surface area contributed by atoms with Crippen molar-refractivity contribution in [2.24, 2.45) is 0 Å². The van der Waals surface area contributed by atoms with Gasteiger partial charge in [0.05, 0.1) is 5.70 Å². The summed E-state index contributed by atoms with van der Waals surface area (Å²) in [7, 11) is 0. The fourth-order valence-corrected chi connectivity index (χ4v) is 2.39. The number of benzene rings is 1. The molecular formula is C17H19N. The Balaban J connectivity index is 2.58. The van der Waals surface area contributed by atoms with E-state index in [1.165, 1.54) is 16.8 Å². The SMILES string of the molecule is C=CC1=CC(C)=C(c2ccccc2)N(CC)C1=C. The van der Waals surface area contributed by atoms with Gasteiger partial charge in [0.15, 0.2) is 0 Å². The predicted octanol–water partition coefficient (Wildman–Crippen LogP) is 4.38. The molecule has 1 heteroatoms. The lowest BCUT2D eigenvalue weighted by Gasteiger charge is -2.33. The molecule has 0 amide bonds. The molecule has 0 unspecified atom stereocenters. The lowest BCUT2D eigenvalue weighted by molar-refractivity contribution is 0.521. The summed E-state index contributed by atoms with van der Waals surface area (Å²) in [6, 6.07) is 10.5. The van der Waals surface area contributed by atoms with E-state index in [-0.39, 0.29) is 0 Å². The van der Waals surface area contributed by atoms with Crippen LogP contribution in [-0.4, -0.2) is 11.4 Å². The van der Waals surface area contributed by atoms with Crippen molar-refractivity contribution < 1.29 is 0 Å². The Bertz CT molecular complexity index is 532. The van der Waals surface area contributed by atoms with Crippen molar-refractivity contribution in [2.75, 3.05) is 6.54 Å². The van der Waals surface area contributed by atoms with Crippen molar-refractivity contribution in [3.05, 3.63) is 78.0 Å². The maximum atomic E-state index is 4.18. The van der Waals surface area contributed by atoms with Crippen molar-refractivity contribution >= 4 is 5.70 Å². The first-order chi connectivity index (χ1) is 8.69. The maximum absolute atomic E-state index is 4.18. The third kappa shape index (κ3) is 2.04. The second kappa shape index (κ2) is 5.09. The minimum atomic E-state index is 0.908. The third-order valence-corrected chi connectivity index (χ3v) is 3.26. The second-order valence-corrected chi connectivity index (χ2v) is 4.39. The van der Waals surface area contributed by atoms with Crippen molar-refractivity contribution in [3.63, 3.8) is 0 Å². The molecule has 92 valence electrons. The van der Waals surface area contributed by atoms with E-state index < -0.39 is 0 Å². The minimum absolute atomic E-state index is 0.908. The summed E-state index contributed by atoms with van der Waals surface area (Å²) in [5, 5.41) is 0. The average Bonchev–Trinajstić information content (AvgIpc) is 2.41. The largest absolute Gasteiger partial charge is 0.341 e. The standard InChI is InChI=1S/C17H19N/c1-5-15-12-13(3)17(18(6-2)14(15)4)16-10-8-7-9-11-16/h5,7-12H,1,4,6H2,2-3H3. The monoisotopic (exact) mass is 237 g/mol. The van der Waals surface area contributed by atoms with Gasteiger partial charge in [-0.25, -0.2) is 0 Å². The van der Waals surface area contributed by atoms with E-state index in [9.17, 15) is 0 Å². The first-order valence-corrected chi connectivity index (χ1v) is 6.26. The molecule has 0 saturated carbocycles. The highest BCUT2D eigenvalue weighted by atomic mass is 15.1. The third-order valence-electron chi connectivity index (χ3n) is 3.26. The van der Waals surface area contributed by atoms with E-state index in [4.69, 9.17) is 0 Å². The fourth-order valence-electron chi connectivity index (χ4n) is 2.39. The minimum Gasteiger partial charge on any atom is -0.341 e. The van der Waals surface area contributed by atoms with Gasteiger partial charge in [-0.2, -0.15) is 0 Å². The fraction of sp³-hybridized carbons (Fsp3) is 0.176. The summed E-state index contributed by atoms with van der Waals surface area (Å²) in [6.07, 6.45) is 4.03. The van der Waals surface area contributed by atoms with Gasteiger partial charge in [0.1, 0.15) is 0 Å². The zero-order valence-corrected chi connectivity index (χ0v) is 11.1. The summed E-state index contributed by atoms with van der Waals surface area (Å²) >= 11 is 0. The second-order valence-electron chi connectivity index (χ2n) is 4.39. The molecule has 0 spiro atoms.